The molecule has 1 aromatic heterocycles. The van der Waals surface area contributed by atoms with Crippen LogP contribution in [0.3, 0.4) is 0 Å². The average molecular weight is 519 g/mol. The number of likely N-dealkylation sites (tertiary alicyclic amines) is 1. The summed E-state index contributed by atoms with van der Waals surface area (Å²) >= 11 is 2.87. The van der Waals surface area contributed by atoms with E-state index < -0.39 is 24.3 Å². The number of carboxylic acid groups (broad SMARTS) is 1. The molecular weight excluding hydrogens is 496 g/mol. The normalized spacial score (nSPS) is 31.9. The van der Waals surface area contributed by atoms with Crippen LogP contribution in [0.2, 0.25) is 0 Å². The lowest BCUT2D eigenvalue weighted by molar-refractivity contribution is -0.149. The molecule has 3 aromatic rings. The molecule has 7 atom stereocenters. The molecule has 4 aliphatic rings. The molecule has 0 unspecified atom stereocenters. The maximum absolute atomic E-state index is 13.3. The van der Waals surface area contributed by atoms with Crippen LogP contribution in [0.4, 0.5) is 0 Å². The summed E-state index contributed by atoms with van der Waals surface area (Å²) in [7, 11) is 0. The third kappa shape index (κ3) is 3.05. The van der Waals surface area contributed by atoms with Crippen LogP contribution >= 0.6 is 23.1 Å². The molecule has 0 radical (unpaired) electrons. The minimum absolute atomic E-state index is 0.00658. The van der Waals surface area contributed by atoms with Gasteiger partial charge in [0.2, 0.25) is 11.8 Å². The van der Waals surface area contributed by atoms with E-state index in [-0.39, 0.29) is 45.6 Å². The van der Waals surface area contributed by atoms with Crippen molar-refractivity contribution in [3.63, 3.8) is 0 Å². The second kappa shape index (κ2) is 7.91. The second-order valence-corrected chi connectivity index (χ2v) is 12.3. The minimum Gasteiger partial charge on any atom is -0.480 e. The van der Waals surface area contributed by atoms with Crippen molar-refractivity contribution in [2.45, 2.75) is 22.6 Å². The molecule has 3 heterocycles. The molecule has 3 fully saturated rings. The maximum Gasteiger partial charge on any atom is 0.323 e. The molecule has 2 aliphatic carbocycles. The van der Waals surface area contributed by atoms with Crippen LogP contribution in [-0.4, -0.2) is 44.6 Å². The summed E-state index contributed by atoms with van der Waals surface area (Å²) in [6.07, 6.45) is 0.786. The van der Waals surface area contributed by atoms with Gasteiger partial charge in [0, 0.05) is 16.0 Å². The number of carboxylic acids is 1. The summed E-state index contributed by atoms with van der Waals surface area (Å²) in [5.41, 5.74) is 3.34. The lowest BCUT2D eigenvalue weighted by Gasteiger charge is -2.43. The number of hydrogen-bond donors (Lipinski definition) is 2. The summed E-state index contributed by atoms with van der Waals surface area (Å²) < 4.78 is 0. The van der Waals surface area contributed by atoms with Crippen molar-refractivity contribution in [2.75, 3.05) is 6.54 Å². The summed E-state index contributed by atoms with van der Waals surface area (Å²) in [5, 5.41) is 10.2. The Hall–Kier alpha value is -3.17. The number of fused-ring (bicyclic) bond motifs is 9. The van der Waals surface area contributed by atoms with E-state index in [0.717, 1.165) is 37.9 Å². The van der Waals surface area contributed by atoms with E-state index in [9.17, 15) is 24.3 Å². The molecule has 182 valence electrons. The topological polar surface area (TPSA) is 108 Å². The fourth-order valence-corrected chi connectivity index (χ4v) is 10.1. The SMILES string of the molecule is O=C(O)CN1C(=O)[C@@H]2[C@H]3C[C@@H]([C@@H]2C1=O)[C@@H]1[C@@H](c2ccc(-c4ccccc4)cc2)c2sc(=O)[nH]c2S[C@H]31. The first kappa shape index (κ1) is 22.1. The highest BCUT2D eigenvalue weighted by Crippen LogP contribution is 2.68. The van der Waals surface area contributed by atoms with E-state index in [4.69, 9.17) is 0 Å². The van der Waals surface area contributed by atoms with E-state index in [0.29, 0.717) is 0 Å². The maximum atomic E-state index is 13.3. The molecule has 7 nitrogen and oxygen atoms in total. The van der Waals surface area contributed by atoms with Crippen LogP contribution in [0, 0.1) is 29.6 Å². The van der Waals surface area contributed by atoms with E-state index in [1.54, 1.807) is 11.8 Å². The molecule has 0 spiro atoms. The lowest BCUT2D eigenvalue weighted by atomic mass is 9.68. The van der Waals surface area contributed by atoms with Crippen molar-refractivity contribution >= 4 is 40.9 Å². The summed E-state index contributed by atoms with van der Waals surface area (Å²) in [4.78, 5) is 55.0. The Morgan fingerprint density at radius 1 is 0.944 bits per heavy atom. The van der Waals surface area contributed by atoms with Gasteiger partial charge < -0.3 is 10.1 Å². The number of aromatic amines is 1. The number of nitrogens with one attached hydrogen (secondary N) is 1. The van der Waals surface area contributed by atoms with Crippen LogP contribution in [0.25, 0.3) is 11.1 Å². The standard InChI is InChI=1S/C27H22N2O5S2/c30-17(31)11-29-25(32)20-15-10-16(21(20)26(29)33)22-19(15)18(23-24(35-22)28-27(34)36-23)14-8-6-13(7-9-14)12-4-2-1-3-5-12/h1-9,15-16,18-22H,10-11H2,(H,28,34)(H,30,31)/t15-,16-,18-,19-,20+,21-,22-/m1/s1. The lowest BCUT2D eigenvalue weighted by Crippen LogP contribution is -2.42. The molecule has 7 rings (SSSR count). The summed E-state index contributed by atoms with van der Waals surface area (Å²) in [6, 6.07) is 18.6. The van der Waals surface area contributed by atoms with Crippen LogP contribution in [0.1, 0.15) is 22.8 Å². The van der Waals surface area contributed by atoms with Crippen molar-refractivity contribution in [3.8, 4) is 11.1 Å². The van der Waals surface area contributed by atoms with E-state index in [1.165, 1.54) is 11.3 Å². The molecule has 2 saturated carbocycles. The number of hydrogen-bond acceptors (Lipinski definition) is 6. The number of aliphatic carboxylic acids is 1. The third-order valence-electron chi connectivity index (χ3n) is 8.49. The highest BCUT2D eigenvalue weighted by atomic mass is 32.2. The summed E-state index contributed by atoms with van der Waals surface area (Å²) in [6.45, 7) is -0.572. The zero-order valence-electron chi connectivity index (χ0n) is 19.0. The van der Waals surface area contributed by atoms with Gasteiger partial charge in [0.1, 0.15) is 6.54 Å². The molecule has 2 bridgehead atoms. The van der Waals surface area contributed by atoms with Crippen LogP contribution in [-0.2, 0) is 14.4 Å². The van der Waals surface area contributed by atoms with Gasteiger partial charge >= 0.3 is 10.8 Å². The number of aromatic nitrogens is 1. The fourth-order valence-electron chi connectivity index (χ4n) is 7.26. The number of amides is 2. The van der Waals surface area contributed by atoms with Crippen molar-refractivity contribution in [1.29, 1.82) is 0 Å². The van der Waals surface area contributed by atoms with Gasteiger partial charge in [-0.15, -0.1) is 11.8 Å². The van der Waals surface area contributed by atoms with Gasteiger partial charge in [-0.3, -0.25) is 24.1 Å². The number of carbonyl (C=O) groups excluding carboxylic acids is 2. The zero-order chi connectivity index (χ0) is 24.7. The zero-order valence-corrected chi connectivity index (χ0v) is 20.6. The predicted octanol–water partition coefficient (Wildman–Crippen LogP) is 3.66. The smallest absolute Gasteiger partial charge is 0.323 e. The van der Waals surface area contributed by atoms with Gasteiger partial charge in [-0.1, -0.05) is 65.9 Å². The van der Waals surface area contributed by atoms with Gasteiger partial charge in [0.05, 0.1) is 16.9 Å². The van der Waals surface area contributed by atoms with Crippen molar-refractivity contribution in [1.82, 2.24) is 9.88 Å². The number of rotatable bonds is 4. The first-order valence-corrected chi connectivity index (χ1v) is 13.7. The number of carbonyl (C=O) groups is 3. The Labute approximate surface area is 214 Å². The van der Waals surface area contributed by atoms with E-state index >= 15 is 0 Å². The van der Waals surface area contributed by atoms with Gasteiger partial charge in [-0.25, -0.2) is 0 Å². The van der Waals surface area contributed by atoms with Crippen LogP contribution < -0.4 is 4.87 Å². The van der Waals surface area contributed by atoms with Crippen LogP contribution in [0.5, 0.6) is 0 Å². The molecule has 9 heteroatoms. The number of thiazole rings is 1. The Bertz CT molecular complexity index is 1460. The quantitative estimate of drug-likeness (QED) is 0.511. The number of nitrogens with zero attached hydrogens (tertiary/aromatic N) is 1. The van der Waals surface area contributed by atoms with Crippen LogP contribution in [0.15, 0.2) is 64.4 Å². The Morgan fingerprint density at radius 3 is 2.31 bits per heavy atom. The fraction of sp³-hybridized carbons (Fsp3) is 0.333. The highest BCUT2D eigenvalue weighted by molar-refractivity contribution is 8.00. The van der Waals surface area contributed by atoms with E-state index in [1.807, 2.05) is 18.2 Å². The second-order valence-electron chi connectivity index (χ2n) is 10.1. The van der Waals surface area contributed by atoms with E-state index in [2.05, 4.69) is 41.4 Å². The molecular formula is C27H22N2O5S2. The number of benzene rings is 2. The van der Waals surface area contributed by atoms with Gasteiger partial charge in [-0.05, 0) is 40.9 Å². The monoisotopic (exact) mass is 518 g/mol. The van der Waals surface area contributed by atoms with Crippen molar-refractivity contribution in [3.05, 3.63) is 74.7 Å². The molecule has 2 aromatic carbocycles. The number of H-pyrrole nitrogens is 1. The van der Waals surface area contributed by atoms with Gasteiger partial charge in [0.15, 0.2) is 0 Å². The molecule has 2 N–H and O–H groups in total. The van der Waals surface area contributed by atoms with Crippen molar-refractivity contribution < 1.29 is 19.5 Å². The minimum atomic E-state index is -1.17. The Morgan fingerprint density at radius 2 is 1.61 bits per heavy atom. The number of imide groups is 1. The first-order valence-electron chi connectivity index (χ1n) is 12.0. The Balaban J connectivity index is 1.29. The average Bonchev–Trinajstić information content (AvgIpc) is 3.60. The number of thioether (sulfide) groups is 1. The van der Waals surface area contributed by atoms with Gasteiger partial charge in [0.25, 0.3) is 0 Å². The van der Waals surface area contributed by atoms with Crippen molar-refractivity contribution in [2.24, 2.45) is 29.6 Å². The Kier molecular flexibility index (Phi) is 4.85. The molecule has 2 amide bonds. The highest BCUT2D eigenvalue weighted by Gasteiger charge is 2.69. The largest absolute Gasteiger partial charge is 0.480 e. The predicted molar refractivity (Wildman–Crippen MR) is 135 cm³/mol. The molecule has 2 aliphatic heterocycles. The first-order chi connectivity index (χ1) is 17.4. The van der Waals surface area contributed by atoms with Gasteiger partial charge in [-0.2, -0.15) is 0 Å². The third-order valence-corrected chi connectivity index (χ3v) is 11.1. The molecule has 36 heavy (non-hydrogen) atoms. The molecule has 1 saturated heterocycles. The summed E-state index contributed by atoms with van der Waals surface area (Å²) in [5.74, 6) is -2.74.